The maximum atomic E-state index is 13.4. The van der Waals surface area contributed by atoms with Gasteiger partial charge in [-0.3, -0.25) is 0 Å². The van der Waals surface area contributed by atoms with E-state index in [4.69, 9.17) is 9.47 Å². The van der Waals surface area contributed by atoms with Crippen molar-refractivity contribution in [3.63, 3.8) is 0 Å². The Bertz CT molecular complexity index is 1420. The van der Waals surface area contributed by atoms with Crippen molar-refractivity contribution in [1.29, 1.82) is 0 Å². The summed E-state index contributed by atoms with van der Waals surface area (Å²) in [5, 5.41) is 22.7. The number of fused-ring (bicyclic) bond motifs is 6. The van der Waals surface area contributed by atoms with E-state index in [9.17, 15) is 15.0 Å². The number of carbonyl (C=O) groups excluding carboxylic acids is 1. The molecule has 13 heteroatoms. The minimum absolute atomic E-state index is 0.196. The zero-order chi connectivity index (χ0) is 25.5. The van der Waals surface area contributed by atoms with Crippen molar-refractivity contribution < 1.29 is 24.5 Å². The van der Waals surface area contributed by atoms with Gasteiger partial charge in [0, 0.05) is 0 Å². The summed E-state index contributed by atoms with van der Waals surface area (Å²) in [6.07, 6.45) is 0. The first-order valence-corrected chi connectivity index (χ1v) is 27.6. The molecule has 4 aliphatic heterocycles. The summed E-state index contributed by atoms with van der Waals surface area (Å²) in [5.41, 5.74) is 1.43. The quantitative estimate of drug-likeness (QED) is 0.256. The van der Waals surface area contributed by atoms with E-state index in [2.05, 4.69) is 31.9 Å². The molecule has 7 rings (SSSR count). The molecule has 4 aliphatic rings. The van der Waals surface area contributed by atoms with Crippen molar-refractivity contribution in [3.8, 4) is 23.0 Å². The van der Waals surface area contributed by atoms with Crippen LogP contribution in [0.2, 0.25) is 0 Å². The summed E-state index contributed by atoms with van der Waals surface area (Å²) in [5.74, 6) is 5.29. The van der Waals surface area contributed by atoms with E-state index in [-0.39, 0.29) is 11.5 Å². The molecule has 37 heavy (non-hydrogen) atoms. The third-order valence-corrected chi connectivity index (χ3v) is 34.8. The molecule has 0 aliphatic carbocycles. The number of ether oxygens (including phenoxy) is 2. The molecule has 0 bridgehead atoms. The van der Waals surface area contributed by atoms with Crippen LogP contribution < -0.4 is 13.4 Å². The van der Waals surface area contributed by atoms with Crippen LogP contribution in [0.1, 0.15) is 27.0 Å². The third-order valence-electron chi connectivity index (χ3n) is 6.46. The molecule has 2 saturated heterocycles. The number of carbonyl (C=O) groups is 1. The first-order valence-electron chi connectivity index (χ1n) is 11.2. The van der Waals surface area contributed by atoms with Gasteiger partial charge in [0.05, 0.1) is 0 Å². The van der Waals surface area contributed by atoms with Crippen molar-refractivity contribution in [2.75, 3.05) is 23.0 Å². The molecule has 2 N–H and O–H groups in total. The second kappa shape index (κ2) is 9.83. The summed E-state index contributed by atoms with van der Waals surface area (Å²) in [4.78, 5) is 13.4. The first-order chi connectivity index (χ1) is 17.9. The zero-order valence-electron chi connectivity index (χ0n) is 18.7. The van der Waals surface area contributed by atoms with E-state index in [1.165, 1.54) is 0 Å². The van der Waals surface area contributed by atoms with Gasteiger partial charge >= 0.3 is 255 Å². The van der Waals surface area contributed by atoms with Crippen LogP contribution >= 0.6 is 72.0 Å². The van der Waals surface area contributed by atoms with Crippen molar-refractivity contribution in [3.05, 3.63) is 67.6 Å². The Morgan fingerprint density at radius 2 is 1.27 bits per heavy atom. The van der Waals surface area contributed by atoms with Crippen molar-refractivity contribution in [2.24, 2.45) is 0 Å². The van der Waals surface area contributed by atoms with E-state index in [0.29, 0.717) is 37.1 Å². The van der Waals surface area contributed by atoms with Gasteiger partial charge in [-0.1, -0.05) is 0 Å². The predicted molar refractivity (Wildman–Crippen MR) is 164 cm³/mol. The van der Waals surface area contributed by atoms with Crippen LogP contribution in [0.5, 0.6) is 23.0 Å². The van der Waals surface area contributed by atoms with Gasteiger partial charge in [0.25, 0.3) is 0 Å². The number of phenols is 2. The summed E-state index contributed by atoms with van der Waals surface area (Å²) in [6, 6.07) is 11.2. The van der Waals surface area contributed by atoms with Crippen LogP contribution in [0, 0.1) is 0 Å². The molecule has 3 aromatic carbocycles. The number of halogens is 2. The molecule has 4 heterocycles. The Morgan fingerprint density at radius 3 is 1.78 bits per heavy atom. The summed E-state index contributed by atoms with van der Waals surface area (Å²) >= 11 is 3.65. The van der Waals surface area contributed by atoms with Crippen LogP contribution in [0.25, 0.3) is 0 Å². The molecule has 0 amide bonds. The van der Waals surface area contributed by atoms with Gasteiger partial charge in [0.1, 0.15) is 0 Å². The summed E-state index contributed by atoms with van der Waals surface area (Å²) in [6.45, 7) is 0. The molecule has 0 saturated carbocycles. The first kappa shape index (κ1) is 25.9. The molecule has 0 unspecified atom stereocenters. The van der Waals surface area contributed by atoms with Crippen molar-refractivity contribution >= 4 is 111 Å². The maximum absolute atomic E-state index is 13.4. The fourth-order valence-corrected chi connectivity index (χ4v) is 36.1. The number of hydrogen-bond donors (Lipinski definition) is 2. The molecule has 2 fully saturated rings. The summed E-state index contributed by atoms with van der Waals surface area (Å²) in [7, 11) is 7.64. The van der Waals surface area contributed by atoms with Crippen molar-refractivity contribution in [2.45, 2.75) is 5.60 Å². The van der Waals surface area contributed by atoms with Crippen molar-refractivity contribution in [1.82, 2.24) is 0 Å². The van der Waals surface area contributed by atoms with Crippen LogP contribution in [0.3, 0.4) is 0 Å². The van der Waals surface area contributed by atoms with E-state index >= 15 is 0 Å². The Balaban J connectivity index is 1.61. The number of aromatic hydroxyl groups is 2. The van der Waals surface area contributed by atoms with Crippen LogP contribution in [0.15, 0.2) is 45.3 Å². The molecular formula is C24H16As2Br2O5S4. The number of rotatable bonds is 2. The monoisotopic (exact) mass is 820 g/mol. The van der Waals surface area contributed by atoms with Crippen LogP contribution in [0.4, 0.5) is 0 Å². The second-order valence-corrected chi connectivity index (χ2v) is 33.3. The topological polar surface area (TPSA) is 76.0 Å². The minimum atomic E-state index is -1.78. The molecule has 5 nitrogen and oxygen atoms in total. The molecule has 3 aromatic rings. The fourth-order valence-electron chi connectivity index (χ4n) is 4.96. The fraction of sp³-hybridized carbons (Fsp3) is 0.208. The Hall–Kier alpha value is 0.00688. The van der Waals surface area contributed by atoms with Gasteiger partial charge < -0.3 is 0 Å². The van der Waals surface area contributed by atoms with Gasteiger partial charge in [0.15, 0.2) is 0 Å². The van der Waals surface area contributed by atoms with Gasteiger partial charge in [-0.2, -0.15) is 0 Å². The van der Waals surface area contributed by atoms with E-state index in [1.807, 2.05) is 70.4 Å². The number of hydrogen-bond acceptors (Lipinski definition) is 9. The third kappa shape index (κ3) is 3.85. The van der Waals surface area contributed by atoms with Gasteiger partial charge in [0.2, 0.25) is 0 Å². The predicted octanol–water partition coefficient (Wildman–Crippen LogP) is 5.54. The van der Waals surface area contributed by atoms with Gasteiger partial charge in [-0.05, 0) is 0 Å². The Morgan fingerprint density at radius 1 is 0.784 bits per heavy atom. The van der Waals surface area contributed by atoms with Gasteiger partial charge in [-0.25, -0.2) is 0 Å². The number of phenolic OH excluding ortho intramolecular Hbond substituents is 2. The molecule has 0 radical (unpaired) electrons. The SMILES string of the molecule is O=C1OC2(c3ccccc31)c1cc(Br)c(O)c([As]3SCCS3)c1Oc1c2cc(Br)c(O)c1[As]1SCCS1. The molecule has 0 aromatic heterocycles. The van der Waals surface area contributed by atoms with Crippen LogP contribution in [-0.2, 0) is 10.3 Å². The Labute approximate surface area is 252 Å². The normalized spacial score (nSPS) is 20.0. The molecular weight excluding hydrogens is 806 g/mol. The summed E-state index contributed by atoms with van der Waals surface area (Å²) < 4.78 is 16.0. The van der Waals surface area contributed by atoms with E-state index in [0.717, 1.165) is 37.3 Å². The van der Waals surface area contributed by atoms with Crippen LogP contribution in [-0.4, -0.2) is 63.9 Å². The van der Waals surface area contributed by atoms with Gasteiger partial charge in [-0.15, -0.1) is 0 Å². The standard InChI is InChI=1S/C24H16As2Br2O5S4/c27-15-9-13-21(17(19(15)29)25-34-5-6-35-25)32-22-14(10-16(28)20(30)18(22)26-36-7-8-37-26)24(13)12-4-2-1-3-11(12)23(31)33-24/h1-4,9-10,29-30H,5-8H2. The molecule has 0 atom stereocenters. The molecule has 190 valence electrons. The average molecular weight is 822 g/mol. The second-order valence-electron chi connectivity index (χ2n) is 8.43. The molecule has 1 spiro atoms. The van der Waals surface area contributed by atoms with E-state index in [1.54, 1.807) is 6.07 Å². The number of benzene rings is 3. The average Bonchev–Trinajstić information content (AvgIpc) is 3.66. The zero-order valence-corrected chi connectivity index (χ0v) is 28.9. The number of esters is 1. The Kier molecular flexibility index (Phi) is 6.89. The van der Waals surface area contributed by atoms with E-state index < -0.39 is 36.2 Å².